The highest BCUT2D eigenvalue weighted by atomic mass is 14.9. The molecule has 0 saturated heterocycles. The minimum atomic E-state index is 0.357. The van der Waals surface area contributed by atoms with Gasteiger partial charge in [0.05, 0.1) is 17.0 Å². The van der Waals surface area contributed by atoms with Crippen LogP contribution < -0.4 is 5.32 Å². The van der Waals surface area contributed by atoms with Crippen LogP contribution in [0.5, 0.6) is 0 Å². The van der Waals surface area contributed by atoms with Crippen molar-refractivity contribution in [1.29, 1.82) is 5.26 Å². The van der Waals surface area contributed by atoms with Gasteiger partial charge in [0, 0.05) is 11.4 Å². The summed E-state index contributed by atoms with van der Waals surface area (Å²) in [5.41, 5.74) is 9.26. The molecule has 2 aromatic carbocycles. The first kappa shape index (κ1) is 26.4. The molecule has 0 unspecified atom stereocenters. The van der Waals surface area contributed by atoms with Gasteiger partial charge in [0.25, 0.3) is 0 Å². The molecule has 3 nitrogen and oxygen atoms in total. The molecule has 0 saturated carbocycles. The van der Waals surface area contributed by atoms with Gasteiger partial charge in [-0.3, -0.25) is 4.99 Å². The van der Waals surface area contributed by atoms with Crippen LogP contribution in [0.15, 0.2) is 52.7 Å². The number of nitrogens with one attached hydrogen (secondary N) is 1. The van der Waals surface area contributed by atoms with Crippen LogP contribution in [0.1, 0.15) is 115 Å². The molecule has 0 bridgehead atoms. The molecular weight excluding hydrogens is 402 g/mol. The maximum atomic E-state index is 10.1. The summed E-state index contributed by atoms with van der Waals surface area (Å²) < 4.78 is 0. The number of nitrogens with zero attached hydrogens (tertiary/aromatic N) is 2. The van der Waals surface area contributed by atoms with E-state index in [0.717, 1.165) is 22.8 Å². The zero-order valence-electron chi connectivity index (χ0n) is 22.2. The fourth-order valence-electron chi connectivity index (χ4n) is 4.25. The van der Waals surface area contributed by atoms with Crippen LogP contribution in [0.2, 0.25) is 0 Å². The normalized spacial score (nSPS) is 13.1. The average molecular weight is 444 g/mol. The molecule has 0 fully saturated rings. The number of anilines is 1. The third-order valence-corrected chi connectivity index (χ3v) is 6.16. The van der Waals surface area contributed by atoms with E-state index in [-0.39, 0.29) is 0 Å². The van der Waals surface area contributed by atoms with Gasteiger partial charge in [0.2, 0.25) is 0 Å². The molecule has 2 aromatic rings. The Morgan fingerprint density at radius 2 is 1.12 bits per heavy atom. The molecule has 0 amide bonds. The third-order valence-electron chi connectivity index (χ3n) is 6.16. The van der Waals surface area contributed by atoms with Crippen LogP contribution in [0, 0.1) is 11.3 Å². The van der Waals surface area contributed by atoms with Crippen molar-refractivity contribution in [3.63, 3.8) is 0 Å². The van der Waals surface area contributed by atoms with Crippen molar-refractivity contribution in [3.8, 4) is 6.07 Å². The summed E-state index contributed by atoms with van der Waals surface area (Å²) in [5.74, 6) is 1.47. The minimum Gasteiger partial charge on any atom is -0.358 e. The van der Waals surface area contributed by atoms with Crippen LogP contribution in [0.25, 0.3) is 0 Å². The van der Waals surface area contributed by atoms with E-state index in [0.29, 0.717) is 29.2 Å². The number of benzene rings is 2. The first-order valence-corrected chi connectivity index (χ1v) is 12.2. The van der Waals surface area contributed by atoms with Gasteiger partial charge in [-0.25, -0.2) is 0 Å². The number of nitriles is 1. The Morgan fingerprint density at radius 3 is 1.48 bits per heavy atom. The van der Waals surface area contributed by atoms with Gasteiger partial charge in [-0.15, -0.1) is 0 Å². The molecular formula is C30H41N3. The van der Waals surface area contributed by atoms with Crippen molar-refractivity contribution < 1.29 is 0 Å². The number of rotatable bonds is 8. The highest BCUT2D eigenvalue weighted by Gasteiger charge is 2.18. The van der Waals surface area contributed by atoms with Crippen molar-refractivity contribution in [2.24, 2.45) is 4.99 Å². The first-order chi connectivity index (χ1) is 15.5. The zero-order chi connectivity index (χ0) is 24.9. The SMILES string of the molecule is CC(=Nc1c(C(C)C)cccc1C(C)C)/C(C#N)=C(/C)Nc1c(C(C)C)cccc1C(C)C. The van der Waals surface area contributed by atoms with Crippen molar-refractivity contribution in [2.45, 2.75) is 92.9 Å². The van der Waals surface area contributed by atoms with Crippen LogP contribution in [0.3, 0.4) is 0 Å². The standard InChI is InChI=1S/C30H41N3/c1-18(2)24-13-11-14-25(19(3)4)29(24)32-22(9)28(17-31)23(10)33-30-26(20(5)6)15-12-16-27(30)21(7)8/h11-16,18-21,32H,1-10H3/b28-22-,33-23?. The van der Waals surface area contributed by atoms with E-state index < -0.39 is 0 Å². The second-order valence-electron chi connectivity index (χ2n) is 10.1. The summed E-state index contributed by atoms with van der Waals surface area (Å²) in [5, 5.41) is 13.7. The van der Waals surface area contributed by atoms with Gasteiger partial charge in [0.15, 0.2) is 0 Å². The highest BCUT2D eigenvalue weighted by Crippen LogP contribution is 2.36. The lowest BCUT2D eigenvalue weighted by molar-refractivity contribution is 0.834. The van der Waals surface area contributed by atoms with Crippen LogP contribution in [0.4, 0.5) is 11.4 Å². The van der Waals surface area contributed by atoms with E-state index in [1.54, 1.807) is 0 Å². The Kier molecular flexibility index (Phi) is 9.06. The highest BCUT2D eigenvalue weighted by molar-refractivity contribution is 6.04. The largest absolute Gasteiger partial charge is 0.358 e. The van der Waals surface area contributed by atoms with Gasteiger partial charge >= 0.3 is 0 Å². The van der Waals surface area contributed by atoms with Gasteiger partial charge < -0.3 is 5.32 Å². The summed E-state index contributed by atoms with van der Waals surface area (Å²) in [4.78, 5) is 5.05. The first-order valence-electron chi connectivity index (χ1n) is 12.2. The van der Waals surface area contributed by atoms with Gasteiger partial charge in [-0.2, -0.15) is 5.26 Å². The van der Waals surface area contributed by atoms with Crippen molar-refractivity contribution in [3.05, 3.63) is 69.9 Å². The molecule has 0 aliphatic carbocycles. The maximum absolute atomic E-state index is 10.1. The predicted molar refractivity (Wildman–Crippen MR) is 144 cm³/mol. The Balaban J connectivity index is 2.64. The maximum Gasteiger partial charge on any atom is 0.103 e. The molecule has 0 spiro atoms. The van der Waals surface area contributed by atoms with Crippen molar-refractivity contribution in [1.82, 2.24) is 0 Å². The topological polar surface area (TPSA) is 48.2 Å². The quantitative estimate of drug-likeness (QED) is 0.326. The summed E-state index contributed by atoms with van der Waals surface area (Å²) >= 11 is 0. The fourth-order valence-corrected chi connectivity index (χ4v) is 4.25. The molecule has 3 heteroatoms. The minimum absolute atomic E-state index is 0.357. The molecule has 0 heterocycles. The Bertz CT molecular complexity index is 1020. The number of hydrogen-bond donors (Lipinski definition) is 1. The van der Waals surface area contributed by atoms with Gasteiger partial charge in [0.1, 0.15) is 6.07 Å². The van der Waals surface area contributed by atoms with Crippen LogP contribution in [-0.4, -0.2) is 5.71 Å². The molecule has 0 aromatic heterocycles. The predicted octanol–water partition coefficient (Wildman–Crippen LogP) is 9.18. The third kappa shape index (κ3) is 6.14. The monoisotopic (exact) mass is 443 g/mol. The zero-order valence-corrected chi connectivity index (χ0v) is 22.2. The van der Waals surface area contributed by atoms with Crippen LogP contribution in [-0.2, 0) is 0 Å². The molecule has 2 rings (SSSR count). The molecule has 0 atom stereocenters. The Morgan fingerprint density at radius 1 is 0.727 bits per heavy atom. The second kappa shape index (κ2) is 11.3. The lowest BCUT2D eigenvalue weighted by Crippen LogP contribution is -2.10. The summed E-state index contributed by atoms with van der Waals surface area (Å²) in [6.07, 6.45) is 0. The average Bonchev–Trinajstić information content (AvgIpc) is 2.73. The summed E-state index contributed by atoms with van der Waals surface area (Å²) in [7, 11) is 0. The molecule has 176 valence electrons. The van der Waals surface area contributed by atoms with Crippen molar-refractivity contribution >= 4 is 17.1 Å². The van der Waals surface area contributed by atoms with Gasteiger partial charge in [-0.05, 0) is 59.8 Å². The smallest absolute Gasteiger partial charge is 0.103 e. The molecule has 33 heavy (non-hydrogen) atoms. The van der Waals surface area contributed by atoms with E-state index >= 15 is 0 Å². The summed E-state index contributed by atoms with van der Waals surface area (Å²) in [6, 6.07) is 15.3. The number of aliphatic imine (C=N–C) groups is 1. The van der Waals surface area contributed by atoms with Crippen molar-refractivity contribution in [2.75, 3.05) is 5.32 Å². The molecule has 1 N–H and O–H groups in total. The second-order valence-corrected chi connectivity index (χ2v) is 10.1. The lowest BCUT2D eigenvalue weighted by atomic mass is 9.92. The number of allylic oxidation sites excluding steroid dienone is 2. The van der Waals surface area contributed by atoms with Crippen LogP contribution >= 0.6 is 0 Å². The number of hydrogen-bond acceptors (Lipinski definition) is 3. The Labute approximate surface area is 201 Å². The fraction of sp³-hybridized carbons (Fsp3) is 0.467. The molecule has 0 aliphatic heterocycles. The van der Waals surface area contributed by atoms with E-state index in [1.807, 2.05) is 13.8 Å². The summed E-state index contributed by atoms with van der Waals surface area (Å²) in [6.45, 7) is 21.5. The van der Waals surface area contributed by atoms with E-state index in [4.69, 9.17) is 4.99 Å². The Hall–Kier alpha value is -2.86. The van der Waals surface area contributed by atoms with Gasteiger partial charge in [-0.1, -0.05) is 91.8 Å². The molecule has 0 radical (unpaired) electrons. The van der Waals surface area contributed by atoms with E-state index in [9.17, 15) is 5.26 Å². The van der Waals surface area contributed by atoms with E-state index in [2.05, 4.69) is 103 Å². The molecule has 0 aliphatic rings. The lowest BCUT2D eigenvalue weighted by Gasteiger charge is -2.22. The van der Waals surface area contributed by atoms with E-state index in [1.165, 1.54) is 22.3 Å². The number of para-hydroxylation sites is 2.